The molecule has 0 bridgehead atoms. The van der Waals surface area contributed by atoms with Crippen LogP contribution in [0.3, 0.4) is 0 Å². The third-order valence-electron chi connectivity index (χ3n) is 6.85. The van der Waals surface area contributed by atoms with Crippen LogP contribution in [0.15, 0.2) is 72.8 Å². The van der Waals surface area contributed by atoms with Crippen molar-refractivity contribution in [3.8, 4) is 50.8 Å². The Kier molecular flexibility index (Phi) is 10.1. The predicted molar refractivity (Wildman–Crippen MR) is 175 cm³/mol. The SMILES string of the molecule is COc1cc(-c2nc3ccccc3s2)ccc1OCCCOc1cc(/C=C\c2cc(OC)c(OC)c(OC)c2)ccc1OC. The Balaban J connectivity index is 1.19. The second-order valence-corrected chi connectivity index (χ2v) is 10.6. The quantitative estimate of drug-likeness (QED) is 0.0921. The average Bonchev–Trinajstić information content (AvgIpc) is 3.51. The van der Waals surface area contributed by atoms with Gasteiger partial charge in [0.25, 0.3) is 0 Å². The molecule has 1 heterocycles. The maximum absolute atomic E-state index is 6.09. The number of hydrogen-bond acceptors (Lipinski definition) is 9. The summed E-state index contributed by atoms with van der Waals surface area (Å²) in [4.78, 5) is 4.75. The van der Waals surface area contributed by atoms with Crippen molar-refractivity contribution in [2.75, 3.05) is 48.8 Å². The van der Waals surface area contributed by atoms with Crippen LogP contribution < -0.4 is 33.2 Å². The van der Waals surface area contributed by atoms with E-state index in [1.807, 2.05) is 78.9 Å². The molecule has 0 radical (unpaired) electrons. The lowest BCUT2D eigenvalue weighted by Gasteiger charge is -2.14. The van der Waals surface area contributed by atoms with Gasteiger partial charge in [-0.2, -0.15) is 0 Å². The van der Waals surface area contributed by atoms with Crippen LogP contribution in [0.1, 0.15) is 17.5 Å². The molecule has 0 aliphatic rings. The lowest BCUT2D eigenvalue weighted by molar-refractivity contribution is 0.234. The van der Waals surface area contributed by atoms with E-state index in [0.717, 1.165) is 31.9 Å². The predicted octanol–water partition coefficient (Wildman–Crippen LogP) is 8.02. The molecule has 0 saturated heterocycles. The van der Waals surface area contributed by atoms with Crippen molar-refractivity contribution in [3.63, 3.8) is 0 Å². The van der Waals surface area contributed by atoms with E-state index in [-0.39, 0.29) is 0 Å². The highest BCUT2D eigenvalue weighted by atomic mass is 32.1. The molecule has 228 valence electrons. The normalized spacial score (nSPS) is 11.0. The Morgan fingerprint density at radius 2 is 1.23 bits per heavy atom. The summed E-state index contributed by atoms with van der Waals surface area (Å²) in [7, 11) is 8.05. The average molecular weight is 614 g/mol. The largest absolute Gasteiger partial charge is 0.493 e. The van der Waals surface area contributed by atoms with Crippen molar-refractivity contribution >= 4 is 33.7 Å². The van der Waals surface area contributed by atoms with E-state index in [1.165, 1.54) is 0 Å². The summed E-state index contributed by atoms with van der Waals surface area (Å²) in [5.41, 5.74) is 3.83. The number of hydrogen-bond donors (Lipinski definition) is 0. The topological polar surface area (TPSA) is 77.5 Å². The van der Waals surface area contributed by atoms with Crippen LogP contribution in [-0.2, 0) is 0 Å². The minimum absolute atomic E-state index is 0.447. The summed E-state index contributed by atoms with van der Waals surface area (Å²) < 4.78 is 40.8. The fraction of sp³-hybridized carbons (Fsp3) is 0.229. The van der Waals surface area contributed by atoms with Crippen LogP contribution >= 0.6 is 11.3 Å². The molecule has 0 N–H and O–H groups in total. The molecule has 4 aromatic carbocycles. The third kappa shape index (κ3) is 7.01. The lowest BCUT2D eigenvalue weighted by atomic mass is 10.1. The van der Waals surface area contributed by atoms with Gasteiger partial charge in [-0.15, -0.1) is 11.3 Å². The van der Waals surface area contributed by atoms with Crippen molar-refractivity contribution in [1.82, 2.24) is 4.98 Å². The summed E-state index contributed by atoms with van der Waals surface area (Å²) in [6, 6.07) is 23.6. The first kappa shape index (κ1) is 30.6. The smallest absolute Gasteiger partial charge is 0.203 e. The minimum atomic E-state index is 0.447. The minimum Gasteiger partial charge on any atom is -0.493 e. The number of nitrogens with zero attached hydrogens (tertiary/aromatic N) is 1. The first-order valence-corrected chi connectivity index (χ1v) is 14.8. The van der Waals surface area contributed by atoms with Crippen LogP contribution in [0, 0.1) is 0 Å². The molecule has 0 aliphatic carbocycles. The van der Waals surface area contributed by atoms with Crippen LogP contribution in [0.25, 0.3) is 32.9 Å². The van der Waals surface area contributed by atoms with Crippen molar-refractivity contribution in [3.05, 3.63) is 83.9 Å². The molecule has 0 amide bonds. The van der Waals surface area contributed by atoms with Gasteiger partial charge in [0.2, 0.25) is 5.75 Å². The summed E-state index contributed by atoms with van der Waals surface area (Å²) >= 11 is 1.65. The fourth-order valence-electron chi connectivity index (χ4n) is 4.64. The van der Waals surface area contributed by atoms with Crippen molar-refractivity contribution in [2.24, 2.45) is 0 Å². The number of benzene rings is 4. The summed E-state index contributed by atoms with van der Waals surface area (Å²) in [5, 5.41) is 0.943. The second kappa shape index (κ2) is 14.5. The molecule has 0 spiro atoms. The summed E-state index contributed by atoms with van der Waals surface area (Å²) in [6.07, 6.45) is 4.62. The van der Waals surface area contributed by atoms with E-state index >= 15 is 0 Å². The molecule has 9 heteroatoms. The van der Waals surface area contributed by atoms with E-state index in [2.05, 4.69) is 6.07 Å². The van der Waals surface area contributed by atoms with Gasteiger partial charge in [-0.25, -0.2) is 4.98 Å². The summed E-state index contributed by atoms with van der Waals surface area (Å²) in [6.45, 7) is 0.905. The van der Waals surface area contributed by atoms with Crippen LogP contribution in [0.5, 0.6) is 40.2 Å². The van der Waals surface area contributed by atoms with Gasteiger partial charge in [-0.1, -0.05) is 30.4 Å². The van der Waals surface area contributed by atoms with Crippen LogP contribution in [0.4, 0.5) is 0 Å². The van der Waals surface area contributed by atoms with Crippen LogP contribution in [0.2, 0.25) is 0 Å². The molecule has 5 rings (SSSR count). The van der Waals surface area contributed by atoms with Crippen molar-refractivity contribution in [1.29, 1.82) is 0 Å². The highest BCUT2D eigenvalue weighted by molar-refractivity contribution is 7.21. The lowest BCUT2D eigenvalue weighted by Crippen LogP contribution is -2.06. The second-order valence-electron chi connectivity index (χ2n) is 9.61. The Hall–Kier alpha value is -4.89. The van der Waals surface area contributed by atoms with E-state index in [1.54, 1.807) is 46.9 Å². The van der Waals surface area contributed by atoms with Gasteiger partial charge >= 0.3 is 0 Å². The summed E-state index contributed by atoms with van der Waals surface area (Å²) in [5.74, 6) is 4.38. The number of methoxy groups -OCH3 is 5. The molecule has 5 aromatic rings. The molecule has 1 aromatic heterocycles. The Morgan fingerprint density at radius 3 is 1.91 bits per heavy atom. The van der Waals surface area contributed by atoms with Gasteiger partial charge in [-0.05, 0) is 65.7 Å². The fourth-order valence-corrected chi connectivity index (χ4v) is 5.60. The van der Waals surface area contributed by atoms with E-state index in [4.69, 9.17) is 38.1 Å². The van der Waals surface area contributed by atoms with Crippen molar-refractivity contribution < 1.29 is 33.2 Å². The molecular formula is C35H35NO7S. The Morgan fingerprint density at radius 1 is 0.591 bits per heavy atom. The molecule has 0 saturated carbocycles. The first-order valence-electron chi connectivity index (χ1n) is 14.0. The number of para-hydroxylation sites is 1. The number of ether oxygens (including phenoxy) is 7. The van der Waals surface area contributed by atoms with E-state index < -0.39 is 0 Å². The maximum atomic E-state index is 6.09. The maximum Gasteiger partial charge on any atom is 0.203 e. The molecule has 8 nitrogen and oxygen atoms in total. The Labute approximate surface area is 261 Å². The molecule has 0 aliphatic heterocycles. The van der Waals surface area contributed by atoms with Gasteiger partial charge < -0.3 is 33.2 Å². The van der Waals surface area contributed by atoms with Gasteiger partial charge in [0.05, 0.1) is 59.0 Å². The number of rotatable bonds is 14. The van der Waals surface area contributed by atoms with Gasteiger partial charge in [-0.3, -0.25) is 0 Å². The number of thiazole rings is 1. The molecule has 0 atom stereocenters. The number of aromatic nitrogens is 1. The van der Waals surface area contributed by atoms with Crippen LogP contribution in [-0.4, -0.2) is 53.7 Å². The monoisotopic (exact) mass is 613 g/mol. The molecule has 0 fully saturated rings. The van der Waals surface area contributed by atoms with E-state index in [9.17, 15) is 0 Å². The zero-order chi connectivity index (χ0) is 30.9. The van der Waals surface area contributed by atoms with E-state index in [0.29, 0.717) is 59.9 Å². The highest BCUT2D eigenvalue weighted by Crippen LogP contribution is 2.39. The third-order valence-corrected chi connectivity index (χ3v) is 7.94. The zero-order valence-electron chi connectivity index (χ0n) is 25.4. The number of fused-ring (bicyclic) bond motifs is 1. The zero-order valence-corrected chi connectivity index (χ0v) is 26.2. The first-order chi connectivity index (χ1) is 21.6. The van der Waals surface area contributed by atoms with Crippen molar-refractivity contribution in [2.45, 2.75) is 6.42 Å². The molecule has 44 heavy (non-hydrogen) atoms. The molecular weight excluding hydrogens is 578 g/mol. The standard InChI is InChI=1S/C35H35NO7S/c1-37-27-15-13-23(11-12-24-20-31(39-3)34(41-5)32(21-24)40-4)19-30(27)43-18-8-17-42-28-16-14-25(22-29(28)38-2)35-36-26-9-6-7-10-33(26)44-35/h6-7,9-16,19-22H,8,17-18H2,1-5H3/b12-11-. The Bertz CT molecular complexity index is 1690. The van der Waals surface area contributed by atoms with Gasteiger partial charge in [0.1, 0.15) is 5.01 Å². The van der Waals surface area contributed by atoms with Gasteiger partial charge in [0, 0.05) is 12.0 Å². The molecule has 0 unspecified atom stereocenters. The van der Waals surface area contributed by atoms with Gasteiger partial charge in [0.15, 0.2) is 34.5 Å². The highest BCUT2D eigenvalue weighted by Gasteiger charge is 2.13.